The van der Waals surface area contributed by atoms with Gasteiger partial charge in [-0.15, -0.1) is 11.3 Å². The number of nitrogens with one attached hydrogen (secondary N) is 1. The number of methoxy groups -OCH3 is 1. The van der Waals surface area contributed by atoms with Crippen LogP contribution in [0.1, 0.15) is 28.1 Å². The number of ether oxygens (including phenoxy) is 1. The Balaban J connectivity index is 1.78. The number of benzene rings is 1. The van der Waals surface area contributed by atoms with Crippen LogP contribution < -0.4 is 10.1 Å². The number of hydrogen-bond acceptors (Lipinski definition) is 5. The van der Waals surface area contributed by atoms with Crippen molar-refractivity contribution < 1.29 is 17.9 Å². The lowest BCUT2D eigenvalue weighted by Gasteiger charge is -2.16. The van der Waals surface area contributed by atoms with Crippen LogP contribution >= 0.6 is 27.3 Å². The number of sulfonamides is 1. The predicted octanol–water partition coefficient (Wildman–Crippen LogP) is 3.23. The highest BCUT2D eigenvalue weighted by Gasteiger charge is 2.31. The Hall–Kier alpha value is -1.42. The van der Waals surface area contributed by atoms with Crippen LogP contribution in [-0.2, 0) is 16.6 Å². The van der Waals surface area contributed by atoms with Crippen molar-refractivity contribution in [3.63, 3.8) is 0 Å². The fourth-order valence-corrected chi connectivity index (χ4v) is 6.12. The minimum absolute atomic E-state index is 0.0862. The van der Waals surface area contributed by atoms with Gasteiger partial charge in [-0.1, -0.05) is 15.9 Å². The zero-order valence-electron chi connectivity index (χ0n) is 14.2. The lowest BCUT2D eigenvalue weighted by molar-refractivity contribution is 0.0951. The van der Waals surface area contributed by atoms with E-state index in [0.717, 1.165) is 34.2 Å². The van der Waals surface area contributed by atoms with Crippen molar-refractivity contribution in [3.05, 3.63) is 44.6 Å². The van der Waals surface area contributed by atoms with Gasteiger partial charge < -0.3 is 10.1 Å². The summed E-state index contributed by atoms with van der Waals surface area (Å²) in [5.41, 5.74) is 0.802. The fraction of sp³-hybridized carbons (Fsp3) is 0.353. The molecule has 3 rings (SSSR count). The molecule has 0 unspecified atom stereocenters. The van der Waals surface area contributed by atoms with E-state index in [1.54, 1.807) is 18.6 Å². The highest BCUT2D eigenvalue weighted by atomic mass is 79.9. The molecule has 1 aromatic carbocycles. The third-order valence-corrected chi connectivity index (χ3v) is 7.68. The molecular formula is C17H19BrN2O4S2. The molecule has 1 aromatic heterocycles. The van der Waals surface area contributed by atoms with Crippen molar-refractivity contribution in [1.29, 1.82) is 0 Å². The van der Waals surface area contributed by atoms with Crippen LogP contribution in [0, 0.1) is 0 Å². The summed E-state index contributed by atoms with van der Waals surface area (Å²) >= 11 is 4.53. The van der Waals surface area contributed by atoms with Gasteiger partial charge in [0.1, 0.15) is 15.5 Å². The number of halogens is 1. The van der Waals surface area contributed by atoms with Gasteiger partial charge in [0.2, 0.25) is 10.0 Å². The summed E-state index contributed by atoms with van der Waals surface area (Å²) < 4.78 is 33.1. The second kappa shape index (κ2) is 8.08. The highest BCUT2D eigenvalue weighted by molar-refractivity contribution is 9.10. The molecule has 0 spiro atoms. The van der Waals surface area contributed by atoms with E-state index in [2.05, 4.69) is 21.2 Å². The van der Waals surface area contributed by atoms with E-state index in [-0.39, 0.29) is 16.3 Å². The van der Waals surface area contributed by atoms with Crippen LogP contribution in [-0.4, -0.2) is 38.8 Å². The first kappa shape index (κ1) is 19.3. The molecule has 1 aliphatic heterocycles. The second-order valence-electron chi connectivity index (χ2n) is 5.86. The Kier molecular flexibility index (Phi) is 6.01. The first-order chi connectivity index (χ1) is 12.4. The van der Waals surface area contributed by atoms with E-state index < -0.39 is 15.9 Å². The van der Waals surface area contributed by atoms with Gasteiger partial charge >= 0.3 is 0 Å². The van der Waals surface area contributed by atoms with E-state index >= 15 is 0 Å². The van der Waals surface area contributed by atoms with Crippen molar-refractivity contribution >= 4 is 43.2 Å². The highest BCUT2D eigenvalue weighted by Crippen LogP contribution is 2.28. The summed E-state index contributed by atoms with van der Waals surface area (Å²) in [5, 5.41) is 4.43. The van der Waals surface area contributed by atoms with Gasteiger partial charge in [0.25, 0.3) is 5.91 Å². The topological polar surface area (TPSA) is 75.7 Å². The number of thiophene rings is 1. The monoisotopic (exact) mass is 458 g/mol. The Labute approximate surface area is 165 Å². The lowest BCUT2D eigenvalue weighted by Crippen LogP contribution is -2.30. The molecule has 1 aliphatic rings. The summed E-state index contributed by atoms with van der Waals surface area (Å²) in [6.45, 7) is 1.26. The van der Waals surface area contributed by atoms with Crippen LogP contribution in [0.4, 0.5) is 0 Å². The molecule has 0 saturated carbocycles. The summed E-state index contributed by atoms with van der Waals surface area (Å²) in [5.74, 6) is 0.254. The number of hydrogen-bond donors (Lipinski definition) is 1. The Morgan fingerprint density at radius 2 is 2.04 bits per heavy atom. The fourth-order valence-electron chi connectivity index (χ4n) is 2.87. The lowest BCUT2D eigenvalue weighted by atomic mass is 10.2. The van der Waals surface area contributed by atoms with Gasteiger partial charge in [0, 0.05) is 29.7 Å². The average Bonchev–Trinajstić information content (AvgIpc) is 3.31. The van der Waals surface area contributed by atoms with Gasteiger partial charge in [-0.2, -0.15) is 4.31 Å². The maximum absolute atomic E-state index is 12.8. The summed E-state index contributed by atoms with van der Waals surface area (Å²) in [4.78, 5) is 12.9. The third-order valence-electron chi connectivity index (χ3n) is 4.20. The summed E-state index contributed by atoms with van der Waals surface area (Å²) in [7, 11) is -2.06. The van der Waals surface area contributed by atoms with Gasteiger partial charge in [0.15, 0.2) is 0 Å². The SMILES string of the molecule is COc1ccc(Br)cc1CNC(=O)c1sccc1S(=O)(=O)N1CCCC1. The van der Waals surface area contributed by atoms with Crippen molar-refractivity contribution in [1.82, 2.24) is 9.62 Å². The van der Waals surface area contributed by atoms with E-state index in [9.17, 15) is 13.2 Å². The molecule has 0 bridgehead atoms. The Bertz CT molecular complexity index is 905. The van der Waals surface area contributed by atoms with Crippen molar-refractivity contribution in [2.24, 2.45) is 0 Å². The molecule has 6 nitrogen and oxygen atoms in total. The van der Waals surface area contributed by atoms with Crippen LogP contribution in [0.2, 0.25) is 0 Å². The smallest absolute Gasteiger partial charge is 0.263 e. The van der Waals surface area contributed by atoms with Crippen LogP contribution in [0.5, 0.6) is 5.75 Å². The predicted molar refractivity (Wildman–Crippen MR) is 104 cm³/mol. The molecule has 1 amide bonds. The van der Waals surface area contributed by atoms with Gasteiger partial charge in [0.05, 0.1) is 7.11 Å². The molecule has 0 aliphatic carbocycles. The quantitative estimate of drug-likeness (QED) is 0.720. The molecular weight excluding hydrogens is 440 g/mol. The first-order valence-corrected chi connectivity index (χ1v) is 11.2. The molecule has 2 heterocycles. The first-order valence-electron chi connectivity index (χ1n) is 8.11. The zero-order chi connectivity index (χ0) is 18.7. The number of nitrogens with zero attached hydrogens (tertiary/aromatic N) is 1. The summed E-state index contributed by atoms with van der Waals surface area (Å²) in [6.07, 6.45) is 1.71. The minimum atomic E-state index is -3.62. The number of amides is 1. The molecule has 1 fully saturated rings. The zero-order valence-corrected chi connectivity index (χ0v) is 17.4. The molecule has 9 heteroatoms. The van der Waals surface area contributed by atoms with Crippen molar-refractivity contribution in [3.8, 4) is 5.75 Å². The second-order valence-corrected chi connectivity index (χ2v) is 9.60. The van der Waals surface area contributed by atoms with Crippen LogP contribution in [0.3, 0.4) is 0 Å². The van der Waals surface area contributed by atoms with Gasteiger partial charge in [-0.3, -0.25) is 4.79 Å². The third kappa shape index (κ3) is 3.95. The molecule has 0 atom stereocenters. The normalized spacial score (nSPS) is 15.2. The van der Waals surface area contributed by atoms with Gasteiger partial charge in [-0.05, 0) is 42.5 Å². The number of carbonyl (C=O) groups excluding carboxylic acids is 1. The van der Waals surface area contributed by atoms with E-state index in [4.69, 9.17) is 4.74 Å². The van der Waals surface area contributed by atoms with Crippen LogP contribution in [0.15, 0.2) is 39.0 Å². The van der Waals surface area contributed by atoms with Crippen LogP contribution in [0.25, 0.3) is 0 Å². The Morgan fingerprint density at radius 1 is 1.31 bits per heavy atom. The molecule has 2 aromatic rings. The number of rotatable bonds is 6. The molecule has 0 radical (unpaired) electrons. The molecule has 140 valence electrons. The number of carbonyl (C=O) groups is 1. The summed E-state index contributed by atoms with van der Waals surface area (Å²) in [6, 6.07) is 7.02. The molecule has 1 saturated heterocycles. The standard InChI is InChI=1S/C17H19BrN2O4S2/c1-24-14-5-4-13(18)10-12(14)11-19-17(21)16-15(6-9-25-16)26(22,23)20-7-2-3-8-20/h4-6,9-10H,2-3,7-8,11H2,1H3,(H,19,21). The average molecular weight is 459 g/mol. The Morgan fingerprint density at radius 3 is 2.73 bits per heavy atom. The van der Waals surface area contributed by atoms with E-state index in [1.807, 2.05) is 12.1 Å². The molecule has 26 heavy (non-hydrogen) atoms. The maximum Gasteiger partial charge on any atom is 0.263 e. The van der Waals surface area contributed by atoms with Crippen molar-refractivity contribution in [2.45, 2.75) is 24.3 Å². The molecule has 1 N–H and O–H groups in total. The maximum atomic E-state index is 12.8. The minimum Gasteiger partial charge on any atom is -0.496 e. The van der Waals surface area contributed by atoms with Gasteiger partial charge in [-0.25, -0.2) is 8.42 Å². The van der Waals surface area contributed by atoms with E-state index in [0.29, 0.717) is 18.8 Å². The van der Waals surface area contributed by atoms with Crippen molar-refractivity contribution in [2.75, 3.05) is 20.2 Å². The van der Waals surface area contributed by atoms with E-state index in [1.165, 1.54) is 10.4 Å². The largest absolute Gasteiger partial charge is 0.496 e.